The van der Waals surface area contributed by atoms with Crippen LogP contribution in [0.2, 0.25) is 5.02 Å². The van der Waals surface area contributed by atoms with Crippen LogP contribution in [-0.4, -0.2) is 26.3 Å². The van der Waals surface area contributed by atoms with Gasteiger partial charge >= 0.3 is 0 Å². The van der Waals surface area contributed by atoms with Crippen LogP contribution in [0.3, 0.4) is 0 Å². The van der Waals surface area contributed by atoms with Crippen molar-refractivity contribution in [3.63, 3.8) is 0 Å². The van der Waals surface area contributed by atoms with Crippen molar-refractivity contribution in [2.24, 2.45) is 5.10 Å². The van der Waals surface area contributed by atoms with E-state index in [4.69, 9.17) is 11.6 Å². The standard InChI is InChI=1S/C29H24ClN7O/c30-25-14-8-7-9-21(25)17-20-15-16-26(38)22(18-20)19-31-37-29-35-27(32-23-10-3-1-4-11-23)34-28(36-29)33-24-12-5-2-6-13-24/h1-16,18-19,38H,17H2,(H3,32,33,34,35,36,37)/b31-19+. The first-order valence-corrected chi connectivity index (χ1v) is 12.2. The third kappa shape index (κ3) is 6.63. The molecule has 0 saturated heterocycles. The van der Waals surface area contributed by atoms with Crippen molar-refractivity contribution in [2.75, 3.05) is 16.1 Å². The number of benzene rings is 4. The summed E-state index contributed by atoms with van der Waals surface area (Å²) >= 11 is 6.31. The number of para-hydroxylation sites is 2. The second-order valence-electron chi connectivity index (χ2n) is 8.32. The maximum Gasteiger partial charge on any atom is 0.250 e. The summed E-state index contributed by atoms with van der Waals surface area (Å²) in [5, 5.41) is 21.7. The largest absolute Gasteiger partial charge is 0.507 e. The number of anilines is 5. The molecular formula is C29H24ClN7O. The minimum Gasteiger partial charge on any atom is -0.507 e. The van der Waals surface area contributed by atoms with Gasteiger partial charge in [-0.2, -0.15) is 20.1 Å². The average Bonchev–Trinajstić information content (AvgIpc) is 2.93. The third-order valence-electron chi connectivity index (χ3n) is 5.51. The molecule has 0 aliphatic rings. The molecule has 9 heteroatoms. The van der Waals surface area contributed by atoms with E-state index in [2.05, 4.69) is 36.1 Å². The summed E-state index contributed by atoms with van der Waals surface area (Å²) in [6.07, 6.45) is 2.15. The summed E-state index contributed by atoms with van der Waals surface area (Å²) < 4.78 is 0. The zero-order valence-corrected chi connectivity index (χ0v) is 21.0. The number of hydrogen-bond acceptors (Lipinski definition) is 8. The van der Waals surface area contributed by atoms with E-state index in [0.29, 0.717) is 28.9 Å². The van der Waals surface area contributed by atoms with E-state index in [-0.39, 0.29) is 11.7 Å². The van der Waals surface area contributed by atoms with Crippen molar-refractivity contribution in [1.82, 2.24) is 15.0 Å². The van der Waals surface area contributed by atoms with Crippen LogP contribution >= 0.6 is 11.6 Å². The highest BCUT2D eigenvalue weighted by Crippen LogP contribution is 2.23. The van der Waals surface area contributed by atoms with Crippen LogP contribution in [0.5, 0.6) is 5.75 Å². The van der Waals surface area contributed by atoms with Gasteiger partial charge in [0.25, 0.3) is 0 Å². The number of nitrogens with zero attached hydrogens (tertiary/aromatic N) is 4. The summed E-state index contributed by atoms with van der Waals surface area (Å²) in [5.74, 6) is 1.01. The van der Waals surface area contributed by atoms with Gasteiger partial charge in [-0.3, -0.25) is 0 Å². The molecule has 4 N–H and O–H groups in total. The number of aromatic hydroxyl groups is 1. The molecule has 4 aromatic carbocycles. The van der Waals surface area contributed by atoms with Gasteiger partial charge in [-0.15, -0.1) is 0 Å². The predicted octanol–water partition coefficient (Wildman–Crippen LogP) is 6.75. The van der Waals surface area contributed by atoms with Crippen molar-refractivity contribution in [1.29, 1.82) is 0 Å². The van der Waals surface area contributed by atoms with Gasteiger partial charge in [-0.25, -0.2) is 5.43 Å². The van der Waals surface area contributed by atoms with Gasteiger partial charge in [-0.1, -0.05) is 72.3 Å². The molecule has 1 aromatic heterocycles. The molecule has 5 aromatic rings. The Kier molecular flexibility index (Phi) is 7.72. The zero-order valence-electron chi connectivity index (χ0n) is 20.2. The molecule has 0 aliphatic heterocycles. The summed E-state index contributed by atoms with van der Waals surface area (Å²) in [5.41, 5.74) is 7.04. The smallest absolute Gasteiger partial charge is 0.250 e. The van der Waals surface area contributed by atoms with Gasteiger partial charge in [-0.05, 0) is 60.0 Å². The Hall–Kier alpha value is -4.95. The van der Waals surface area contributed by atoms with Crippen LogP contribution < -0.4 is 16.1 Å². The number of hydrazone groups is 1. The molecule has 0 radical (unpaired) electrons. The molecule has 0 unspecified atom stereocenters. The molecule has 0 fully saturated rings. The predicted molar refractivity (Wildman–Crippen MR) is 153 cm³/mol. The van der Waals surface area contributed by atoms with Crippen LogP contribution in [0.25, 0.3) is 0 Å². The molecule has 0 spiro atoms. The van der Waals surface area contributed by atoms with Crippen LogP contribution in [0.1, 0.15) is 16.7 Å². The van der Waals surface area contributed by atoms with Crippen molar-refractivity contribution < 1.29 is 5.11 Å². The molecular weight excluding hydrogens is 498 g/mol. The SMILES string of the molecule is Oc1ccc(Cc2ccccc2Cl)cc1/C=N/Nc1nc(Nc2ccccc2)nc(Nc2ccccc2)n1. The number of rotatable bonds is 9. The number of phenols is 1. The van der Waals surface area contributed by atoms with Gasteiger partial charge in [0.2, 0.25) is 17.8 Å². The fourth-order valence-electron chi connectivity index (χ4n) is 3.68. The molecule has 38 heavy (non-hydrogen) atoms. The normalized spacial score (nSPS) is 10.9. The molecule has 188 valence electrons. The van der Waals surface area contributed by atoms with Gasteiger partial charge in [0.05, 0.1) is 6.21 Å². The molecule has 0 amide bonds. The van der Waals surface area contributed by atoms with Crippen LogP contribution in [0.4, 0.5) is 29.2 Å². The van der Waals surface area contributed by atoms with Crippen molar-refractivity contribution in [3.8, 4) is 5.75 Å². The first-order chi connectivity index (χ1) is 18.6. The van der Waals surface area contributed by atoms with Gasteiger partial charge < -0.3 is 15.7 Å². The van der Waals surface area contributed by atoms with Gasteiger partial charge in [0.15, 0.2) is 0 Å². The van der Waals surface area contributed by atoms with E-state index in [1.54, 1.807) is 6.07 Å². The maximum atomic E-state index is 10.4. The Bertz CT molecular complexity index is 1490. The van der Waals surface area contributed by atoms with E-state index in [1.807, 2.05) is 97.1 Å². The first-order valence-electron chi connectivity index (χ1n) is 11.9. The Balaban J connectivity index is 1.36. The first kappa shape index (κ1) is 24.7. The quantitative estimate of drug-likeness (QED) is 0.125. The van der Waals surface area contributed by atoms with E-state index in [1.165, 1.54) is 6.21 Å². The molecule has 0 saturated carbocycles. The minimum atomic E-state index is 0.104. The summed E-state index contributed by atoms with van der Waals surface area (Å²) in [7, 11) is 0. The second-order valence-corrected chi connectivity index (χ2v) is 8.73. The average molecular weight is 522 g/mol. The molecule has 0 bridgehead atoms. The lowest BCUT2D eigenvalue weighted by Crippen LogP contribution is -2.07. The highest BCUT2D eigenvalue weighted by atomic mass is 35.5. The summed E-state index contributed by atoms with van der Waals surface area (Å²) in [6, 6.07) is 32.2. The monoisotopic (exact) mass is 521 g/mol. The van der Waals surface area contributed by atoms with E-state index in [9.17, 15) is 5.11 Å². The lowest BCUT2D eigenvalue weighted by Gasteiger charge is -2.10. The van der Waals surface area contributed by atoms with E-state index in [0.717, 1.165) is 22.5 Å². The molecule has 0 aliphatic carbocycles. The number of nitrogens with one attached hydrogen (secondary N) is 3. The molecule has 8 nitrogen and oxygen atoms in total. The Morgan fingerprint density at radius 3 is 1.92 bits per heavy atom. The van der Waals surface area contributed by atoms with Crippen LogP contribution in [-0.2, 0) is 6.42 Å². The third-order valence-corrected chi connectivity index (χ3v) is 5.88. The van der Waals surface area contributed by atoms with Crippen LogP contribution in [0.15, 0.2) is 108 Å². The van der Waals surface area contributed by atoms with Gasteiger partial charge in [0.1, 0.15) is 5.75 Å². The topological polar surface area (TPSA) is 107 Å². The van der Waals surface area contributed by atoms with E-state index < -0.39 is 0 Å². The Labute approximate surface area is 225 Å². The second kappa shape index (κ2) is 11.9. The highest BCUT2D eigenvalue weighted by Gasteiger charge is 2.08. The minimum absolute atomic E-state index is 0.104. The number of hydrogen-bond donors (Lipinski definition) is 4. The van der Waals surface area contributed by atoms with Crippen molar-refractivity contribution >= 4 is 47.0 Å². The highest BCUT2D eigenvalue weighted by molar-refractivity contribution is 6.31. The zero-order chi connectivity index (χ0) is 26.2. The molecule has 1 heterocycles. The van der Waals surface area contributed by atoms with Gasteiger partial charge in [0, 0.05) is 22.0 Å². The maximum absolute atomic E-state index is 10.4. The van der Waals surface area contributed by atoms with Crippen molar-refractivity contribution in [3.05, 3.63) is 125 Å². The Morgan fingerprint density at radius 1 is 0.711 bits per heavy atom. The molecule has 0 atom stereocenters. The fourth-order valence-corrected chi connectivity index (χ4v) is 3.88. The number of halogens is 1. The lowest BCUT2D eigenvalue weighted by atomic mass is 10.0. The number of aromatic nitrogens is 3. The Morgan fingerprint density at radius 2 is 1.29 bits per heavy atom. The van der Waals surface area contributed by atoms with Crippen LogP contribution in [0, 0.1) is 0 Å². The van der Waals surface area contributed by atoms with Crippen molar-refractivity contribution in [2.45, 2.75) is 6.42 Å². The summed E-state index contributed by atoms with van der Waals surface area (Å²) in [6.45, 7) is 0. The fraction of sp³-hybridized carbons (Fsp3) is 0.0345. The number of phenolic OH excluding ortho intramolecular Hbond substituents is 1. The molecule has 5 rings (SSSR count). The van der Waals surface area contributed by atoms with E-state index >= 15 is 0 Å². The summed E-state index contributed by atoms with van der Waals surface area (Å²) in [4.78, 5) is 13.3. The lowest BCUT2D eigenvalue weighted by molar-refractivity contribution is 0.474.